The lowest BCUT2D eigenvalue weighted by atomic mass is 10.3. The van der Waals surface area contributed by atoms with Gasteiger partial charge in [0, 0.05) is 18.3 Å². The highest BCUT2D eigenvalue weighted by atomic mass is 19.1. The molecule has 0 N–H and O–H groups in total. The summed E-state index contributed by atoms with van der Waals surface area (Å²) in [6, 6.07) is 8.40. The van der Waals surface area contributed by atoms with Crippen LogP contribution < -0.4 is 5.56 Å². The molecule has 0 saturated carbocycles. The summed E-state index contributed by atoms with van der Waals surface area (Å²) in [4.78, 5) is 11.1. The molecule has 0 amide bonds. The van der Waals surface area contributed by atoms with E-state index in [-0.39, 0.29) is 5.56 Å². The molecule has 59 valence electrons. The minimum atomic E-state index is -0.619. The highest BCUT2D eigenvalue weighted by Crippen LogP contribution is 2.00. The van der Waals surface area contributed by atoms with Crippen molar-refractivity contribution in [2.75, 3.05) is 0 Å². The van der Waals surface area contributed by atoms with Gasteiger partial charge in [-0.05, 0) is 12.1 Å². The molecule has 3 heteroatoms. The Kier molecular flexibility index (Phi) is 1.43. The molecular weight excluding hydrogens is 157 g/mol. The number of pyridine rings is 2. The van der Waals surface area contributed by atoms with E-state index in [1.807, 2.05) is 0 Å². The Morgan fingerprint density at radius 3 is 3.08 bits per heavy atom. The quantitative estimate of drug-likeness (QED) is 0.571. The SMILES string of the molecule is O=c1cc(F)[c]c2ccccn12. The summed E-state index contributed by atoms with van der Waals surface area (Å²) in [5, 5.41) is 0. The van der Waals surface area contributed by atoms with Crippen LogP contribution in [0.1, 0.15) is 0 Å². The lowest BCUT2D eigenvalue weighted by Gasteiger charge is -1.97. The summed E-state index contributed by atoms with van der Waals surface area (Å²) in [5.74, 6) is -0.619. The minimum Gasteiger partial charge on any atom is -0.283 e. The summed E-state index contributed by atoms with van der Waals surface area (Å²) < 4.78 is 14.0. The molecule has 2 aromatic rings. The van der Waals surface area contributed by atoms with E-state index >= 15 is 0 Å². The minimum absolute atomic E-state index is 0.373. The van der Waals surface area contributed by atoms with Crippen molar-refractivity contribution in [3.63, 3.8) is 0 Å². The third-order valence-electron chi connectivity index (χ3n) is 1.59. The Labute approximate surface area is 67.9 Å². The second-order valence-electron chi connectivity index (χ2n) is 2.41. The predicted octanol–water partition coefficient (Wildman–Crippen LogP) is 1.24. The monoisotopic (exact) mass is 162 g/mol. The third kappa shape index (κ3) is 0.993. The van der Waals surface area contributed by atoms with Crippen LogP contribution in [0.25, 0.3) is 5.52 Å². The first-order valence-corrected chi connectivity index (χ1v) is 3.46. The number of halogens is 1. The van der Waals surface area contributed by atoms with Crippen LogP contribution in [0.5, 0.6) is 0 Å². The molecule has 2 aromatic heterocycles. The second-order valence-corrected chi connectivity index (χ2v) is 2.41. The first kappa shape index (κ1) is 7.03. The fourth-order valence-electron chi connectivity index (χ4n) is 1.07. The summed E-state index contributed by atoms with van der Waals surface area (Å²) in [6.45, 7) is 0. The summed E-state index contributed by atoms with van der Waals surface area (Å²) in [7, 11) is 0. The van der Waals surface area contributed by atoms with Crippen molar-refractivity contribution in [2.45, 2.75) is 0 Å². The zero-order valence-electron chi connectivity index (χ0n) is 6.12. The lowest BCUT2D eigenvalue weighted by Crippen LogP contribution is -2.12. The molecule has 12 heavy (non-hydrogen) atoms. The highest BCUT2D eigenvalue weighted by molar-refractivity contribution is 5.44. The Morgan fingerprint density at radius 2 is 2.25 bits per heavy atom. The van der Waals surface area contributed by atoms with Crippen LogP contribution in [0.2, 0.25) is 0 Å². The first-order valence-electron chi connectivity index (χ1n) is 3.46. The molecule has 0 unspecified atom stereocenters. The van der Waals surface area contributed by atoms with E-state index in [2.05, 4.69) is 6.07 Å². The molecule has 0 bridgehead atoms. The van der Waals surface area contributed by atoms with Gasteiger partial charge in [0.1, 0.15) is 5.82 Å². The summed E-state index contributed by atoms with van der Waals surface area (Å²) >= 11 is 0. The Hall–Kier alpha value is -1.64. The van der Waals surface area contributed by atoms with E-state index in [0.29, 0.717) is 5.52 Å². The van der Waals surface area contributed by atoms with E-state index in [1.54, 1.807) is 24.4 Å². The average Bonchev–Trinajstić information content (AvgIpc) is 2.04. The molecule has 0 aromatic carbocycles. The molecule has 0 aliphatic rings. The maximum absolute atomic E-state index is 12.6. The second kappa shape index (κ2) is 2.44. The number of fused-ring (bicyclic) bond motifs is 1. The number of hydrogen-bond donors (Lipinski definition) is 0. The molecule has 0 aliphatic heterocycles. The van der Waals surface area contributed by atoms with E-state index in [4.69, 9.17) is 0 Å². The normalized spacial score (nSPS) is 10.4. The van der Waals surface area contributed by atoms with Gasteiger partial charge in [-0.15, -0.1) is 0 Å². The van der Waals surface area contributed by atoms with Gasteiger partial charge in [-0.3, -0.25) is 9.20 Å². The molecular formula is C9H5FNO. The van der Waals surface area contributed by atoms with Crippen molar-refractivity contribution in [1.29, 1.82) is 0 Å². The number of aromatic nitrogens is 1. The molecule has 1 radical (unpaired) electrons. The molecule has 0 atom stereocenters. The predicted molar refractivity (Wildman–Crippen MR) is 42.5 cm³/mol. The Balaban J connectivity index is 2.99. The zero-order chi connectivity index (χ0) is 8.55. The van der Waals surface area contributed by atoms with Crippen LogP contribution in [0, 0.1) is 11.9 Å². The van der Waals surface area contributed by atoms with Gasteiger partial charge in [0.2, 0.25) is 0 Å². The van der Waals surface area contributed by atoms with Crippen molar-refractivity contribution in [3.05, 3.63) is 52.7 Å². The van der Waals surface area contributed by atoms with Gasteiger partial charge >= 0.3 is 0 Å². The first-order chi connectivity index (χ1) is 5.77. The van der Waals surface area contributed by atoms with E-state index in [0.717, 1.165) is 6.07 Å². The molecule has 2 rings (SSSR count). The van der Waals surface area contributed by atoms with Crippen molar-refractivity contribution in [3.8, 4) is 0 Å². The van der Waals surface area contributed by atoms with E-state index in [1.165, 1.54) is 4.40 Å². The van der Waals surface area contributed by atoms with Crippen LogP contribution in [-0.4, -0.2) is 4.40 Å². The van der Waals surface area contributed by atoms with Gasteiger partial charge < -0.3 is 0 Å². The van der Waals surface area contributed by atoms with Crippen LogP contribution >= 0.6 is 0 Å². The van der Waals surface area contributed by atoms with Crippen LogP contribution in [0.3, 0.4) is 0 Å². The molecule has 0 spiro atoms. The van der Waals surface area contributed by atoms with Crippen LogP contribution in [-0.2, 0) is 0 Å². The Bertz CT molecular complexity index is 475. The van der Waals surface area contributed by atoms with Crippen molar-refractivity contribution in [2.24, 2.45) is 0 Å². The number of hydrogen-bond acceptors (Lipinski definition) is 1. The van der Waals surface area contributed by atoms with Crippen LogP contribution in [0.15, 0.2) is 35.3 Å². The number of rotatable bonds is 0. The smallest absolute Gasteiger partial charge is 0.258 e. The summed E-state index contributed by atoms with van der Waals surface area (Å²) in [5.41, 5.74) is 0.0735. The lowest BCUT2D eigenvalue weighted by molar-refractivity contribution is 0.622. The standard InChI is InChI=1S/C9H5FNO/c10-7-5-8-3-1-2-4-11(8)9(12)6-7/h1-4,6H. The van der Waals surface area contributed by atoms with Gasteiger partial charge in [-0.2, -0.15) is 0 Å². The van der Waals surface area contributed by atoms with E-state index in [9.17, 15) is 9.18 Å². The highest BCUT2D eigenvalue weighted by Gasteiger charge is 1.97. The zero-order valence-corrected chi connectivity index (χ0v) is 6.12. The van der Waals surface area contributed by atoms with Gasteiger partial charge in [0.25, 0.3) is 5.56 Å². The third-order valence-corrected chi connectivity index (χ3v) is 1.59. The van der Waals surface area contributed by atoms with Gasteiger partial charge in [-0.25, -0.2) is 4.39 Å². The maximum atomic E-state index is 12.6. The molecule has 2 heterocycles. The molecule has 0 fully saturated rings. The van der Waals surface area contributed by atoms with Crippen molar-refractivity contribution in [1.82, 2.24) is 4.40 Å². The van der Waals surface area contributed by atoms with Gasteiger partial charge in [0.15, 0.2) is 0 Å². The molecule has 0 saturated heterocycles. The fraction of sp³-hybridized carbons (Fsp3) is 0. The van der Waals surface area contributed by atoms with Crippen molar-refractivity contribution < 1.29 is 4.39 Å². The maximum Gasteiger partial charge on any atom is 0.258 e. The molecule has 0 aliphatic carbocycles. The molecule has 2 nitrogen and oxygen atoms in total. The Morgan fingerprint density at radius 1 is 1.42 bits per heavy atom. The van der Waals surface area contributed by atoms with Gasteiger partial charge in [0.05, 0.1) is 5.52 Å². The topological polar surface area (TPSA) is 21.5 Å². The largest absolute Gasteiger partial charge is 0.283 e. The van der Waals surface area contributed by atoms with Crippen LogP contribution in [0.4, 0.5) is 4.39 Å². The summed E-state index contributed by atoms with van der Waals surface area (Å²) in [6.07, 6.45) is 1.58. The van der Waals surface area contributed by atoms with E-state index < -0.39 is 5.82 Å². The van der Waals surface area contributed by atoms with Crippen molar-refractivity contribution >= 4 is 5.52 Å². The average molecular weight is 162 g/mol. The fourth-order valence-corrected chi connectivity index (χ4v) is 1.07. The van der Waals surface area contributed by atoms with Gasteiger partial charge in [-0.1, -0.05) is 6.07 Å². The number of nitrogens with zero attached hydrogens (tertiary/aromatic N) is 1.